The van der Waals surface area contributed by atoms with E-state index in [1.54, 1.807) is 12.1 Å². The van der Waals surface area contributed by atoms with Crippen molar-refractivity contribution in [3.63, 3.8) is 0 Å². The molecule has 0 aliphatic carbocycles. The summed E-state index contributed by atoms with van der Waals surface area (Å²) in [6.45, 7) is -0.0176. The number of ether oxygens (including phenoxy) is 1. The van der Waals surface area contributed by atoms with E-state index in [0.29, 0.717) is 0 Å². The molecule has 0 radical (unpaired) electrons. The van der Waals surface area contributed by atoms with Gasteiger partial charge in [0.25, 0.3) is 0 Å². The summed E-state index contributed by atoms with van der Waals surface area (Å²) in [6, 6.07) is 5.88. The molecule has 0 aliphatic rings. The maximum absolute atomic E-state index is 12.8. The maximum atomic E-state index is 12.8. The first-order valence-electron chi connectivity index (χ1n) is 3.79. The van der Waals surface area contributed by atoms with Crippen LogP contribution >= 0.6 is 0 Å². The van der Waals surface area contributed by atoms with Crippen LogP contribution in [0.1, 0.15) is 6.42 Å². The number of hydrogen-bond donors (Lipinski definition) is 1. The zero-order chi connectivity index (χ0) is 9.68. The van der Waals surface area contributed by atoms with Crippen LogP contribution in [0.2, 0.25) is 0 Å². The molecule has 0 unspecified atom stereocenters. The van der Waals surface area contributed by atoms with Crippen LogP contribution in [0.25, 0.3) is 0 Å². The molecule has 0 aliphatic heterocycles. The fraction of sp³-hybridized carbons (Fsp3) is 0.222. The molecule has 0 amide bonds. The van der Waals surface area contributed by atoms with E-state index in [1.165, 1.54) is 12.1 Å². The second kappa shape index (κ2) is 6.81. The van der Waals surface area contributed by atoms with E-state index in [1.807, 2.05) is 0 Å². The van der Waals surface area contributed by atoms with Crippen molar-refractivity contribution in [3.05, 3.63) is 30.1 Å². The molecule has 0 heterocycles. The Morgan fingerprint density at radius 1 is 1.43 bits per heavy atom. The topological polar surface area (TPSA) is 46.5 Å². The second-order valence-electron chi connectivity index (χ2n) is 2.42. The molecule has 1 aromatic carbocycles. The molecule has 0 bridgehead atoms. The van der Waals surface area contributed by atoms with Gasteiger partial charge >= 0.3 is 35.5 Å². The molecule has 0 fully saturated rings. The summed E-state index contributed by atoms with van der Waals surface area (Å²) >= 11 is 0. The van der Waals surface area contributed by atoms with Crippen LogP contribution in [0, 0.1) is 5.82 Å². The molecule has 1 aromatic rings. The van der Waals surface area contributed by atoms with Crippen molar-refractivity contribution < 1.29 is 19.0 Å². The van der Waals surface area contributed by atoms with Crippen LogP contribution in [-0.2, 0) is 4.79 Å². The first-order chi connectivity index (χ1) is 6.20. The van der Waals surface area contributed by atoms with Crippen molar-refractivity contribution in [3.8, 4) is 5.75 Å². The molecule has 72 valence electrons. The van der Waals surface area contributed by atoms with E-state index < -0.39 is 11.8 Å². The van der Waals surface area contributed by atoms with Gasteiger partial charge in [0.2, 0.25) is 0 Å². The zero-order valence-corrected chi connectivity index (χ0v) is 6.87. The molecule has 1 rings (SSSR count). The average Bonchev–Trinajstić information content (AvgIpc) is 2.08. The Hall–Kier alpha value is -0.580. The Morgan fingerprint density at radius 3 is 2.64 bits per heavy atom. The molecular weight excluding hydrogens is 198 g/mol. The van der Waals surface area contributed by atoms with E-state index in [0.717, 1.165) is 0 Å². The predicted octanol–water partition coefficient (Wildman–Crippen LogP) is 1.03. The fourth-order valence-electron chi connectivity index (χ4n) is 0.810. The predicted molar refractivity (Wildman–Crippen MR) is 51.3 cm³/mol. The summed E-state index contributed by atoms with van der Waals surface area (Å²) in [5, 5.41) is 8.29. The van der Waals surface area contributed by atoms with Crippen LogP contribution in [0.3, 0.4) is 0 Å². The van der Waals surface area contributed by atoms with Gasteiger partial charge in [0, 0.05) is 0 Å². The number of para-hydroxylation sites is 1. The number of aliphatic carboxylic acids is 1. The number of hydrogen-bond acceptors (Lipinski definition) is 2. The summed E-state index contributed by atoms with van der Waals surface area (Å²) in [4.78, 5) is 10.1. The Morgan fingerprint density at radius 2 is 2.07 bits per heavy atom. The summed E-state index contributed by atoms with van der Waals surface area (Å²) in [6.07, 6.45) is -0.131. The zero-order valence-electron chi connectivity index (χ0n) is 6.87. The number of carboxylic acid groups (broad SMARTS) is 1. The van der Waals surface area contributed by atoms with Crippen LogP contribution in [0.5, 0.6) is 5.75 Å². The molecule has 14 heavy (non-hydrogen) atoms. The molecule has 0 saturated heterocycles. The van der Waals surface area contributed by atoms with Gasteiger partial charge < -0.3 is 9.84 Å². The number of halogens is 1. The molecule has 0 spiro atoms. The van der Waals surface area contributed by atoms with Gasteiger partial charge in [-0.3, -0.25) is 4.79 Å². The Labute approximate surface area is 103 Å². The van der Waals surface area contributed by atoms with Crippen LogP contribution in [0.4, 0.5) is 4.39 Å². The Balaban J connectivity index is 0.00000169. The van der Waals surface area contributed by atoms with Crippen molar-refractivity contribution in [2.75, 3.05) is 6.61 Å². The van der Waals surface area contributed by atoms with Gasteiger partial charge in [-0.25, -0.2) is 4.39 Å². The van der Waals surface area contributed by atoms with E-state index in [2.05, 4.69) is 0 Å². The Bertz CT molecular complexity index is 304. The fourth-order valence-corrected chi connectivity index (χ4v) is 0.810. The van der Waals surface area contributed by atoms with Crippen molar-refractivity contribution >= 4 is 35.5 Å². The van der Waals surface area contributed by atoms with Gasteiger partial charge in [-0.1, -0.05) is 12.1 Å². The summed E-state index contributed by atoms with van der Waals surface area (Å²) in [7, 11) is 0. The molecule has 0 atom stereocenters. The molecular formula is C9H10FNaO3. The third-order valence-corrected chi connectivity index (χ3v) is 1.41. The number of carboxylic acids is 1. The van der Waals surface area contributed by atoms with Crippen LogP contribution in [-0.4, -0.2) is 47.2 Å². The van der Waals surface area contributed by atoms with E-state index >= 15 is 0 Å². The summed E-state index contributed by atoms with van der Waals surface area (Å²) < 4.78 is 17.7. The summed E-state index contributed by atoms with van der Waals surface area (Å²) in [5.41, 5.74) is 0. The Kier molecular flexibility index (Phi) is 6.53. The SMILES string of the molecule is O=C(O)CCOc1ccccc1F.[NaH]. The van der Waals surface area contributed by atoms with Crippen molar-refractivity contribution in [1.82, 2.24) is 0 Å². The monoisotopic (exact) mass is 208 g/mol. The first-order valence-corrected chi connectivity index (χ1v) is 3.79. The van der Waals surface area contributed by atoms with Gasteiger partial charge in [-0.2, -0.15) is 0 Å². The molecule has 0 aromatic heterocycles. The number of benzene rings is 1. The second-order valence-corrected chi connectivity index (χ2v) is 2.42. The quantitative estimate of drug-likeness (QED) is 0.752. The van der Waals surface area contributed by atoms with Crippen molar-refractivity contribution in [1.29, 1.82) is 0 Å². The standard InChI is InChI=1S/C9H9FO3.Na.H/c10-7-3-1-2-4-8(7)13-6-5-9(11)12;;/h1-4H,5-6H2,(H,11,12);;. The normalized spacial score (nSPS) is 8.93. The minimum atomic E-state index is -0.962. The molecule has 3 nitrogen and oxygen atoms in total. The van der Waals surface area contributed by atoms with Gasteiger partial charge in [-0.15, -0.1) is 0 Å². The molecule has 0 saturated carbocycles. The van der Waals surface area contributed by atoms with Crippen molar-refractivity contribution in [2.24, 2.45) is 0 Å². The average molecular weight is 208 g/mol. The van der Waals surface area contributed by atoms with E-state index in [-0.39, 0.29) is 48.3 Å². The van der Waals surface area contributed by atoms with E-state index in [9.17, 15) is 9.18 Å². The third kappa shape index (κ3) is 4.60. The van der Waals surface area contributed by atoms with E-state index in [4.69, 9.17) is 9.84 Å². The number of rotatable bonds is 4. The molecule has 5 heteroatoms. The van der Waals surface area contributed by atoms with Crippen LogP contribution in [0.15, 0.2) is 24.3 Å². The minimum absolute atomic E-state index is 0. The molecule has 1 N–H and O–H groups in total. The number of carbonyl (C=O) groups is 1. The van der Waals surface area contributed by atoms with Crippen molar-refractivity contribution in [2.45, 2.75) is 6.42 Å². The van der Waals surface area contributed by atoms with Gasteiger partial charge in [-0.05, 0) is 12.1 Å². The van der Waals surface area contributed by atoms with Gasteiger partial charge in [0.15, 0.2) is 11.6 Å². The van der Waals surface area contributed by atoms with Gasteiger partial charge in [0.1, 0.15) is 0 Å². The third-order valence-electron chi connectivity index (χ3n) is 1.41. The first kappa shape index (κ1) is 13.4. The summed E-state index contributed by atoms with van der Waals surface area (Å²) in [5.74, 6) is -1.35. The van der Waals surface area contributed by atoms with Gasteiger partial charge in [0.05, 0.1) is 13.0 Å². The van der Waals surface area contributed by atoms with Crippen LogP contribution < -0.4 is 4.74 Å².